The summed E-state index contributed by atoms with van der Waals surface area (Å²) < 4.78 is 45.2. The molecule has 34 heavy (non-hydrogen) atoms. The third kappa shape index (κ3) is 3.96. The van der Waals surface area contributed by atoms with Crippen LogP contribution in [0.4, 0.5) is 23.7 Å². The molecule has 10 heteroatoms. The molecule has 2 heterocycles. The van der Waals surface area contributed by atoms with E-state index in [0.29, 0.717) is 53.5 Å². The Morgan fingerprint density at radius 1 is 1.00 bits per heavy atom. The molecule has 2 aromatic carbocycles. The van der Waals surface area contributed by atoms with Crippen LogP contribution in [-0.4, -0.2) is 46.9 Å². The molecule has 0 saturated carbocycles. The first kappa shape index (κ1) is 22.5. The number of ether oxygens (including phenoxy) is 1. The van der Waals surface area contributed by atoms with Crippen molar-refractivity contribution in [2.45, 2.75) is 24.6 Å². The molecule has 5 rings (SSSR count). The third-order valence-corrected chi connectivity index (χ3v) is 7.57. The van der Waals surface area contributed by atoms with Gasteiger partial charge >= 0.3 is 12.2 Å². The van der Waals surface area contributed by atoms with E-state index in [1.807, 2.05) is 0 Å². The summed E-state index contributed by atoms with van der Waals surface area (Å²) in [6, 6.07) is 10.9. The van der Waals surface area contributed by atoms with Crippen LogP contribution in [0, 0.1) is 0 Å². The van der Waals surface area contributed by atoms with Crippen LogP contribution >= 0.6 is 11.8 Å². The first-order chi connectivity index (χ1) is 16.2. The van der Waals surface area contributed by atoms with E-state index in [-0.39, 0.29) is 5.69 Å². The summed E-state index contributed by atoms with van der Waals surface area (Å²) in [5.74, 6) is -0.219. The highest BCUT2D eigenvalue weighted by molar-refractivity contribution is 8.04. The number of halogens is 3. The summed E-state index contributed by atoms with van der Waals surface area (Å²) >= 11 is 1.30. The fourth-order valence-electron chi connectivity index (χ4n) is 4.35. The molecule has 1 fully saturated rings. The van der Waals surface area contributed by atoms with Crippen molar-refractivity contribution in [3.63, 3.8) is 0 Å². The Morgan fingerprint density at radius 2 is 1.71 bits per heavy atom. The lowest BCUT2D eigenvalue weighted by Crippen LogP contribution is -2.51. The summed E-state index contributed by atoms with van der Waals surface area (Å²) in [4.78, 5) is 39.5. The molecule has 0 bridgehead atoms. The van der Waals surface area contributed by atoms with Crippen LogP contribution in [0.5, 0.6) is 0 Å². The fourth-order valence-corrected chi connectivity index (χ4v) is 5.61. The Bertz CT molecular complexity index is 1230. The highest BCUT2D eigenvalue weighted by atomic mass is 32.2. The number of rotatable bonds is 1. The number of hydrogen-bond acceptors (Lipinski definition) is 5. The lowest BCUT2D eigenvalue weighted by Gasteiger charge is -2.45. The number of urea groups is 1. The number of hydrogen-bond donors (Lipinski definition) is 1. The molecular formula is C24H19F3N2O4S. The minimum Gasteiger partial charge on any atom is -0.484 e. The number of anilines is 1. The zero-order valence-electron chi connectivity index (χ0n) is 17.8. The van der Waals surface area contributed by atoms with E-state index in [4.69, 9.17) is 4.74 Å². The van der Waals surface area contributed by atoms with Gasteiger partial charge in [0, 0.05) is 48.5 Å². The Kier molecular flexibility index (Phi) is 5.43. The predicted molar refractivity (Wildman–Crippen MR) is 120 cm³/mol. The predicted octanol–water partition coefficient (Wildman–Crippen LogP) is 4.97. The molecule has 0 radical (unpaired) electrons. The molecule has 0 aromatic heterocycles. The van der Waals surface area contributed by atoms with Crippen molar-refractivity contribution in [3.8, 4) is 0 Å². The molecule has 2 amide bonds. The standard InChI is InChI=1S/C24H19F3N2O4S/c25-24(26,27)14-4-3-5-15(12-14)28-22(32)29-10-8-23(9-11-29)13-34-21-19(31)18(30)16-6-1-2-7-17(16)20(21)33-23/h1-7,12H,8-11,13H2,(H,28,32). The number of Topliss-reactive ketones (excluding diaryl/α,β-unsaturated/α-hetero) is 2. The summed E-state index contributed by atoms with van der Waals surface area (Å²) in [6.07, 6.45) is -3.53. The topological polar surface area (TPSA) is 75.7 Å². The van der Waals surface area contributed by atoms with Crippen LogP contribution in [0.2, 0.25) is 0 Å². The monoisotopic (exact) mass is 488 g/mol. The summed E-state index contributed by atoms with van der Waals surface area (Å²) in [5, 5.41) is 2.53. The largest absolute Gasteiger partial charge is 0.484 e. The zero-order chi connectivity index (χ0) is 24.1. The molecule has 1 saturated heterocycles. The van der Waals surface area contributed by atoms with E-state index in [0.717, 1.165) is 12.1 Å². The van der Waals surface area contributed by atoms with Gasteiger partial charge in [0.1, 0.15) is 16.3 Å². The van der Waals surface area contributed by atoms with Crippen molar-refractivity contribution in [1.82, 2.24) is 4.90 Å². The number of piperidine rings is 1. The van der Waals surface area contributed by atoms with E-state index in [9.17, 15) is 27.6 Å². The minimum atomic E-state index is -4.49. The number of nitrogens with one attached hydrogen (secondary N) is 1. The van der Waals surface area contributed by atoms with Gasteiger partial charge in [-0.2, -0.15) is 13.2 Å². The number of ketones is 2. The maximum atomic E-state index is 12.9. The van der Waals surface area contributed by atoms with Crippen LogP contribution in [0.3, 0.4) is 0 Å². The van der Waals surface area contributed by atoms with Crippen molar-refractivity contribution in [1.29, 1.82) is 0 Å². The van der Waals surface area contributed by atoms with Gasteiger partial charge in [0.05, 0.1) is 5.56 Å². The quantitative estimate of drug-likeness (QED) is 0.574. The number of carbonyl (C=O) groups is 3. The minimum absolute atomic E-state index is 0.0707. The van der Waals surface area contributed by atoms with E-state index < -0.39 is 34.9 Å². The average Bonchev–Trinajstić information content (AvgIpc) is 2.82. The molecular weight excluding hydrogens is 469 g/mol. The Balaban J connectivity index is 1.28. The van der Waals surface area contributed by atoms with Crippen LogP contribution in [0.1, 0.15) is 34.3 Å². The molecule has 1 aliphatic carbocycles. The van der Waals surface area contributed by atoms with Gasteiger partial charge in [-0.15, -0.1) is 11.8 Å². The Morgan fingerprint density at radius 3 is 2.41 bits per heavy atom. The van der Waals surface area contributed by atoms with Crippen LogP contribution in [0.25, 0.3) is 5.76 Å². The summed E-state index contributed by atoms with van der Waals surface area (Å²) in [7, 11) is 0. The summed E-state index contributed by atoms with van der Waals surface area (Å²) in [5.41, 5.74) is -0.452. The SMILES string of the molecule is O=C1C(=O)c2ccccc2C2=C1SCC1(CCN(C(=O)Nc3cccc(C(F)(F)F)c3)CC1)O2. The highest BCUT2D eigenvalue weighted by Gasteiger charge is 2.46. The number of thioether (sulfide) groups is 1. The number of nitrogens with zero attached hydrogens (tertiary/aromatic N) is 1. The van der Waals surface area contributed by atoms with Crippen molar-refractivity contribution in [2.24, 2.45) is 0 Å². The van der Waals surface area contributed by atoms with Gasteiger partial charge in [0.2, 0.25) is 11.6 Å². The van der Waals surface area contributed by atoms with E-state index >= 15 is 0 Å². The van der Waals surface area contributed by atoms with Crippen molar-refractivity contribution < 1.29 is 32.3 Å². The number of amides is 2. The van der Waals surface area contributed by atoms with Gasteiger partial charge in [-0.3, -0.25) is 9.59 Å². The maximum absolute atomic E-state index is 12.9. The van der Waals surface area contributed by atoms with E-state index in [1.54, 1.807) is 24.3 Å². The van der Waals surface area contributed by atoms with E-state index in [2.05, 4.69) is 5.32 Å². The number of carbonyl (C=O) groups excluding carboxylic acids is 3. The molecule has 6 nitrogen and oxygen atoms in total. The summed E-state index contributed by atoms with van der Waals surface area (Å²) in [6.45, 7) is 0.672. The van der Waals surface area contributed by atoms with Crippen LogP contribution < -0.4 is 5.32 Å². The van der Waals surface area contributed by atoms with Crippen molar-refractivity contribution in [3.05, 3.63) is 70.1 Å². The Hall–Kier alpha value is -3.27. The highest BCUT2D eigenvalue weighted by Crippen LogP contribution is 2.47. The normalized spacial score (nSPS) is 19.4. The number of alkyl halides is 3. The first-order valence-electron chi connectivity index (χ1n) is 10.6. The van der Waals surface area contributed by atoms with Crippen molar-refractivity contribution in [2.75, 3.05) is 24.2 Å². The lowest BCUT2D eigenvalue weighted by atomic mass is 9.90. The van der Waals surface area contributed by atoms with Gasteiger partial charge in [0.25, 0.3) is 0 Å². The molecule has 0 unspecified atom stereocenters. The molecule has 2 aromatic rings. The van der Waals surface area contributed by atoms with Gasteiger partial charge in [0.15, 0.2) is 0 Å². The van der Waals surface area contributed by atoms with Gasteiger partial charge < -0.3 is 15.0 Å². The van der Waals surface area contributed by atoms with Gasteiger partial charge in [-0.05, 0) is 18.2 Å². The Labute approximate surface area is 197 Å². The average molecular weight is 488 g/mol. The van der Waals surface area contributed by atoms with Gasteiger partial charge in [-0.1, -0.05) is 30.3 Å². The number of allylic oxidation sites excluding steroid dienone is 1. The molecule has 176 valence electrons. The lowest BCUT2D eigenvalue weighted by molar-refractivity contribution is -0.137. The molecule has 0 atom stereocenters. The smallest absolute Gasteiger partial charge is 0.416 e. The van der Waals surface area contributed by atoms with Gasteiger partial charge in [-0.25, -0.2) is 4.79 Å². The second kappa shape index (κ2) is 8.19. The molecule has 2 aliphatic heterocycles. The van der Waals surface area contributed by atoms with Crippen LogP contribution in [-0.2, 0) is 15.7 Å². The second-order valence-electron chi connectivity index (χ2n) is 8.43. The van der Waals surface area contributed by atoms with Crippen LogP contribution in [0.15, 0.2) is 53.4 Å². The first-order valence-corrected chi connectivity index (χ1v) is 11.6. The second-order valence-corrected chi connectivity index (χ2v) is 9.42. The number of benzene rings is 2. The molecule has 3 aliphatic rings. The third-order valence-electron chi connectivity index (χ3n) is 6.24. The maximum Gasteiger partial charge on any atom is 0.416 e. The fraction of sp³-hybridized carbons (Fsp3) is 0.292. The van der Waals surface area contributed by atoms with E-state index in [1.165, 1.54) is 28.8 Å². The number of likely N-dealkylation sites (tertiary alicyclic amines) is 1. The number of fused-ring (bicyclic) bond motifs is 2. The molecule has 1 N–H and O–H groups in total. The molecule has 1 spiro atoms. The van der Waals surface area contributed by atoms with Crippen molar-refractivity contribution >= 4 is 40.8 Å². The zero-order valence-corrected chi connectivity index (χ0v) is 18.6.